The topological polar surface area (TPSA) is 98.8 Å². The van der Waals surface area contributed by atoms with Gasteiger partial charge in [0.1, 0.15) is 0 Å². The van der Waals surface area contributed by atoms with Gasteiger partial charge in [-0.1, -0.05) is 30.1 Å². The van der Waals surface area contributed by atoms with Gasteiger partial charge in [-0.3, -0.25) is 14.5 Å². The molecule has 0 spiro atoms. The van der Waals surface area contributed by atoms with Crippen LogP contribution in [0.5, 0.6) is 0 Å². The molecule has 0 radical (unpaired) electrons. The van der Waals surface area contributed by atoms with Crippen molar-refractivity contribution in [2.45, 2.75) is 37.4 Å². The highest BCUT2D eigenvalue weighted by molar-refractivity contribution is 7.91. The minimum atomic E-state index is -4.83. The summed E-state index contributed by atoms with van der Waals surface area (Å²) in [6, 6.07) is 5.76. The highest BCUT2D eigenvalue weighted by Gasteiger charge is 2.37. The first-order valence-corrected chi connectivity index (χ1v) is 15.4. The molecule has 0 saturated carbocycles. The maximum absolute atomic E-state index is 14.3. The second kappa shape index (κ2) is 13.7. The van der Waals surface area contributed by atoms with E-state index in [4.69, 9.17) is 23.2 Å². The Morgan fingerprint density at radius 3 is 2.49 bits per heavy atom. The zero-order chi connectivity index (χ0) is 30.5. The average Bonchev–Trinajstić information content (AvgIpc) is 2.92. The number of anilines is 1. The fourth-order valence-corrected chi connectivity index (χ4v) is 6.29. The summed E-state index contributed by atoms with van der Waals surface area (Å²) in [6.45, 7) is 3.07. The molecule has 2 N–H and O–H groups in total. The molecule has 0 bridgehead atoms. The lowest BCUT2D eigenvalue weighted by molar-refractivity contribution is -0.138. The maximum atomic E-state index is 14.3. The predicted molar refractivity (Wildman–Crippen MR) is 153 cm³/mol. The van der Waals surface area contributed by atoms with Crippen LogP contribution in [0.3, 0.4) is 0 Å². The molecule has 0 unspecified atom stereocenters. The number of carbonyl (C=O) groups is 2. The van der Waals surface area contributed by atoms with E-state index in [0.29, 0.717) is 32.5 Å². The first-order chi connectivity index (χ1) is 19.2. The van der Waals surface area contributed by atoms with Crippen molar-refractivity contribution in [1.82, 2.24) is 15.5 Å². The van der Waals surface area contributed by atoms with Crippen LogP contribution >= 0.6 is 23.2 Å². The Morgan fingerprint density at radius 1 is 1.15 bits per heavy atom. The minimum absolute atomic E-state index is 0.0644. The molecule has 1 atom stereocenters. The highest BCUT2D eigenvalue weighted by atomic mass is 35.5. The number of hydrogen-bond donors (Lipinski definition) is 2. The van der Waals surface area contributed by atoms with Crippen LogP contribution in [-0.4, -0.2) is 71.2 Å². The number of likely N-dealkylation sites (tertiary alicyclic amines) is 1. The largest absolute Gasteiger partial charge is 0.416 e. The Hall–Kier alpha value is -2.38. The molecule has 1 saturated heterocycles. The standard InChI is InChI=1S/C27H33Cl2F3N4O4S/c1-4-41(39,40)24-8-7-19(28)14-23(24)35(3)26(38)18-12-21(27(30,31)32)20(22(29)13-18)16-36-11-5-6-17(15-36)25(37)34-10-9-33-2/h7-8,12-14,17,33H,4-6,9-11,15-16H2,1-3H3,(H,34,37)/t17-/m0/s1. The molecule has 1 aliphatic heterocycles. The third-order valence-electron chi connectivity index (χ3n) is 6.98. The molecule has 0 aromatic heterocycles. The van der Waals surface area contributed by atoms with Crippen molar-refractivity contribution in [3.8, 4) is 0 Å². The van der Waals surface area contributed by atoms with Gasteiger partial charge in [0.15, 0.2) is 9.84 Å². The van der Waals surface area contributed by atoms with E-state index < -0.39 is 27.5 Å². The van der Waals surface area contributed by atoms with Gasteiger partial charge < -0.3 is 15.5 Å². The van der Waals surface area contributed by atoms with Crippen LogP contribution in [0.1, 0.15) is 41.3 Å². The molecule has 0 aliphatic carbocycles. The summed E-state index contributed by atoms with van der Waals surface area (Å²) in [5.74, 6) is -1.66. The second-order valence-electron chi connectivity index (χ2n) is 9.83. The highest BCUT2D eigenvalue weighted by Crippen LogP contribution is 2.38. The average molecular weight is 638 g/mol. The van der Waals surface area contributed by atoms with Crippen LogP contribution in [0, 0.1) is 5.92 Å². The second-order valence-corrected chi connectivity index (χ2v) is 12.9. The van der Waals surface area contributed by atoms with E-state index in [0.717, 1.165) is 17.0 Å². The van der Waals surface area contributed by atoms with Crippen molar-refractivity contribution >= 4 is 50.5 Å². The molecular weight excluding hydrogens is 604 g/mol. The number of rotatable bonds is 10. The zero-order valence-electron chi connectivity index (χ0n) is 22.9. The minimum Gasteiger partial charge on any atom is -0.355 e. The predicted octanol–water partition coefficient (Wildman–Crippen LogP) is 4.63. The van der Waals surface area contributed by atoms with Gasteiger partial charge in [0.25, 0.3) is 5.91 Å². The van der Waals surface area contributed by atoms with Crippen LogP contribution < -0.4 is 15.5 Å². The SMILES string of the molecule is CCS(=O)(=O)c1ccc(Cl)cc1N(C)C(=O)c1cc(Cl)c(CN2CCC[C@H](C(=O)NCCNC)C2)c(C(F)(F)F)c1. The molecule has 2 aromatic carbocycles. The lowest BCUT2D eigenvalue weighted by atomic mass is 9.95. The van der Waals surface area contributed by atoms with Gasteiger partial charge in [-0.05, 0) is 62.3 Å². The molecule has 2 amide bonds. The summed E-state index contributed by atoms with van der Waals surface area (Å²) in [7, 11) is -0.762. The van der Waals surface area contributed by atoms with Gasteiger partial charge in [0.05, 0.1) is 27.8 Å². The number of nitrogens with zero attached hydrogens (tertiary/aromatic N) is 2. The van der Waals surface area contributed by atoms with Crippen molar-refractivity contribution in [2.75, 3.05) is 50.9 Å². The van der Waals surface area contributed by atoms with E-state index in [-0.39, 0.29) is 62.4 Å². The Labute approximate surface area is 248 Å². The van der Waals surface area contributed by atoms with Gasteiger partial charge in [0, 0.05) is 48.8 Å². The summed E-state index contributed by atoms with van der Waals surface area (Å²) in [5, 5.41) is 5.65. The number of benzene rings is 2. The molecule has 226 valence electrons. The first-order valence-electron chi connectivity index (χ1n) is 13.0. The number of amides is 2. The molecule has 3 rings (SSSR count). The number of nitrogens with one attached hydrogen (secondary N) is 2. The monoisotopic (exact) mass is 636 g/mol. The van der Waals surface area contributed by atoms with Crippen molar-refractivity contribution in [3.63, 3.8) is 0 Å². The first kappa shape index (κ1) is 33.1. The molecule has 1 heterocycles. The van der Waals surface area contributed by atoms with E-state index in [2.05, 4.69) is 10.6 Å². The van der Waals surface area contributed by atoms with Gasteiger partial charge in [0.2, 0.25) is 5.91 Å². The normalized spacial score (nSPS) is 16.4. The Bertz CT molecular complexity index is 1390. The van der Waals surface area contributed by atoms with Gasteiger partial charge >= 0.3 is 6.18 Å². The lowest BCUT2D eigenvalue weighted by Gasteiger charge is -2.33. The molecule has 1 aliphatic rings. The van der Waals surface area contributed by atoms with Crippen LogP contribution in [-0.2, 0) is 27.4 Å². The molecule has 2 aromatic rings. The molecule has 41 heavy (non-hydrogen) atoms. The summed E-state index contributed by atoms with van der Waals surface area (Å²) in [5.41, 5.74) is -1.71. The Kier molecular flexibility index (Phi) is 11.1. The Morgan fingerprint density at radius 2 is 1.85 bits per heavy atom. The smallest absolute Gasteiger partial charge is 0.355 e. The quantitative estimate of drug-likeness (QED) is 0.369. The van der Waals surface area contributed by atoms with Crippen LogP contribution in [0.4, 0.5) is 18.9 Å². The van der Waals surface area contributed by atoms with Gasteiger partial charge in [-0.25, -0.2) is 8.42 Å². The van der Waals surface area contributed by atoms with Crippen molar-refractivity contribution in [3.05, 3.63) is 57.1 Å². The number of halogens is 5. The van der Waals surface area contributed by atoms with Crippen molar-refractivity contribution in [1.29, 1.82) is 0 Å². The molecule has 8 nitrogen and oxygen atoms in total. The van der Waals surface area contributed by atoms with Crippen LogP contribution in [0.25, 0.3) is 0 Å². The van der Waals surface area contributed by atoms with Crippen LogP contribution in [0.2, 0.25) is 10.0 Å². The van der Waals surface area contributed by atoms with E-state index in [1.165, 1.54) is 32.2 Å². The third kappa shape index (κ3) is 8.13. The number of carbonyl (C=O) groups excluding carboxylic acids is 2. The van der Waals surface area contributed by atoms with E-state index in [1.807, 2.05) is 0 Å². The summed E-state index contributed by atoms with van der Waals surface area (Å²) >= 11 is 12.4. The van der Waals surface area contributed by atoms with E-state index in [9.17, 15) is 31.2 Å². The molecular formula is C27H33Cl2F3N4O4S. The lowest BCUT2D eigenvalue weighted by Crippen LogP contribution is -2.44. The van der Waals surface area contributed by atoms with E-state index in [1.54, 1.807) is 11.9 Å². The van der Waals surface area contributed by atoms with Crippen molar-refractivity contribution in [2.24, 2.45) is 5.92 Å². The number of hydrogen-bond acceptors (Lipinski definition) is 6. The zero-order valence-corrected chi connectivity index (χ0v) is 25.3. The molecule has 1 fully saturated rings. The fourth-order valence-electron chi connectivity index (χ4n) is 4.74. The number of piperidine rings is 1. The third-order valence-corrected chi connectivity index (χ3v) is 9.33. The summed E-state index contributed by atoms with van der Waals surface area (Å²) < 4.78 is 68.1. The molecule has 14 heteroatoms. The number of alkyl halides is 3. The van der Waals surface area contributed by atoms with E-state index >= 15 is 0 Å². The van der Waals surface area contributed by atoms with Gasteiger partial charge in [-0.2, -0.15) is 13.2 Å². The Balaban J connectivity index is 1.92. The van der Waals surface area contributed by atoms with Crippen molar-refractivity contribution < 1.29 is 31.2 Å². The number of likely N-dealkylation sites (N-methyl/N-ethyl adjacent to an activating group) is 1. The fraction of sp³-hybridized carbons (Fsp3) is 0.481. The number of sulfone groups is 1. The summed E-state index contributed by atoms with van der Waals surface area (Å²) in [6.07, 6.45) is -3.58. The van der Waals surface area contributed by atoms with Crippen LogP contribution in [0.15, 0.2) is 35.2 Å². The summed E-state index contributed by atoms with van der Waals surface area (Å²) in [4.78, 5) is 28.4. The van der Waals surface area contributed by atoms with Gasteiger partial charge in [-0.15, -0.1) is 0 Å². The maximum Gasteiger partial charge on any atom is 0.416 e.